The maximum atomic E-state index is 11.8. The SMILES string of the molecule is CCc1nncn1CCNC(=O)NC1CCCCC1O. The minimum Gasteiger partial charge on any atom is -0.391 e. The van der Waals surface area contributed by atoms with Crippen LogP contribution in [-0.4, -0.2) is 44.6 Å². The number of hydrogen-bond donors (Lipinski definition) is 3. The number of nitrogens with one attached hydrogen (secondary N) is 2. The summed E-state index contributed by atoms with van der Waals surface area (Å²) in [5, 5.41) is 23.3. The Kier molecular flexibility index (Phi) is 5.34. The van der Waals surface area contributed by atoms with Crippen LogP contribution in [0.3, 0.4) is 0 Å². The van der Waals surface area contributed by atoms with Crippen LogP contribution in [-0.2, 0) is 13.0 Å². The highest BCUT2D eigenvalue weighted by molar-refractivity contribution is 5.74. The summed E-state index contributed by atoms with van der Waals surface area (Å²) in [6, 6.07) is -0.341. The van der Waals surface area contributed by atoms with E-state index in [9.17, 15) is 9.90 Å². The number of nitrogens with zero attached hydrogens (tertiary/aromatic N) is 3. The van der Waals surface area contributed by atoms with Gasteiger partial charge < -0.3 is 20.3 Å². The van der Waals surface area contributed by atoms with Crippen molar-refractivity contribution in [3.63, 3.8) is 0 Å². The molecule has 1 heterocycles. The second-order valence-corrected chi connectivity index (χ2v) is 5.15. The first-order valence-corrected chi connectivity index (χ1v) is 7.29. The number of carbonyl (C=O) groups excluding carboxylic acids is 1. The van der Waals surface area contributed by atoms with Gasteiger partial charge in [-0.1, -0.05) is 19.8 Å². The molecule has 0 aromatic carbocycles. The number of urea groups is 1. The van der Waals surface area contributed by atoms with Crippen LogP contribution in [0.5, 0.6) is 0 Å². The zero-order valence-electron chi connectivity index (χ0n) is 11.9. The molecule has 7 nitrogen and oxygen atoms in total. The van der Waals surface area contributed by atoms with E-state index in [0.29, 0.717) is 13.1 Å². The molecule has 1 aromatic rings. The standard InChI is InChI=1S/C13H23N5O2/c1-2-12-17-15-9-18(12)8-7-14-13(20)16-10-5-3-4-6-11(10)19/h9-11,19H,2-8H2,1H3,(H2,14,16,20). The predicted octanol–water partition coefficient (Wildman–Crippen LogP) is 0.443. The lowest BCUT2D eigenvalue weighted by Gasteiger charge is -2.28. The largest absolute Gasteiger partial charge is 0.391 e. The van der Waals surface area contributed by atoms with E-state index >= 15 is 0 Å². The summed E-state index contributed by atoms with van der Waals surface area (Å²) >= 11 is 0. The molecule has 0 saturated heterocycles. The maximum Gasteiger partial charge on any atom is 0.315 e. The first-order chi connectivity index (χ1) is 9.70. The Hall–Kier alpha value is -1.63. The van der Waals surface area contributed by atoms with Gasteiger partial charge in [0.2, 0.25) is 0 Å². The lowest BCUT2D eigenvalue weighted by molar-refractivity contribution is 0.0943. The van der Waals surface area contributed by atoms with Gasteiger partial charge in [-0.05, 0) is 12.8 Å². The molecule has 3 N–H and O–H groups in total. The van der Waals surface area contributed by atoms with Gasteiger partial charge in [0.25, 0.3) is 0 Å². The van der Waals surface area contributed by atoms with Crippen LogP contribution >= 0.6 is 0 Å². The number of carbonyl (C=O) groups is 1. The van der Waals surface area contributed by atoms with E-state index in [4.69, 9.17) is 0 Å². The van der Waals surface area contributed by atoms with Crippen molar-refractivity contribution < 1.29 is 9.90 Å². The third-order valence-corrected chi connectivity index (χ3v) is 3.70. The Bertz CT molecular complexity index is 434. The molecule has 20 heavy (non-hydrogen) atoms. The summed E-state index contributed by atoms with van der Waals surface area (Å²) < 4.78 is 1.93. The van der Waals surface area contributed by atoms with Crippen LogP contribution in [0.4, 0.5) is 4.79 Å². The summed E-state index contributed by atoms with van der Waals surface area (Å²) in [7, 11) is 0. The molecule has 0 bridgehead atoms. The van der Waals surface area contributed by atoms with Crippen molar-refractivity contribution in [2.45, 2.75) is 57.7 Å². The minimum absolute atomic E-state index is 0.120. The van der Waals surface area contributed by atoms with Crippen LogP contribution in [0.1, 0.15) is 38.4 Å². The Morgan fingerprint density at radius 3 is 3.05 bits per heavy atom. The Labute approximate surface area is 118 Å². The van der Waals surface area contributed by atoms with Crippen LogP contribution in [0, 0.1) is 0 Å². The summed E-state index contributed by atoms with van der Waals surface area (Å²) in [4.78, 5) is 11.8. The fourth-order valence-corrected chi connectivity index (χ4v) is 2.53. The summed E-state index contributed by atoms with van der Waals surface area (Å²) in [5.41, 5.74) is 0. The second kappa shape index (κ2) is 7.23. The number of aromatic nitrogens is 3. The van der Waals surface area contributed by atoms with Crippen molar-refractivity contribution in [2.75, 3.05) is 6.54 Å². The third-order valence-electron chi connectivity index (χ3n) is 3.70. The van der Waals surface area contributed by atoms with Crippen LogP contribution < -0.4 is 10.6 Å². The highest BCUT2D eigenvalue weighted by atomic mass is 16.3. The lowest BCUT2D eigenvalue weighted by Crippen LogP contribution is -2.49. The zero-order chi connectivity index (χ0) is 14.4. The fraction of sp³-hybridized carbons (Fsp3) is 0.769. The molecule has 1 fully saturated rings. The monoisotopic (exact) mass is 281 g/mol. The molecule has 2 amide bonds. The van der Waals surface area contributed by atoms with Gasteiger partial charge in [-0.15, -0.1) is 10.2 Å². The second-order valence-electron chi connectivity index (χ2n) is 5.15. The van der Waals surface area contributed by atoms with E-state index in [0.717, 1.165) is 37.9 Å². The molecule has 0 spiro atoms. The molecule has 2 rings (SSSR count). The van der Waals surface area contributed by atoms with E-state index in [-0.39, 0.29) is 12.1 Å². The van der Waals surface area contributed by atoms with Crippen molar-refractivity contribution in [3.8, 4) is 0 Å². The predicted molar refractivity (Wildman–Crippen MR) is 74.2 cm³/mol. The van der Waals surface area contributed by atoms with E-state index in [1.54, 1.807) is 6.33 Å². The number of hydrogen-bond acceptors (Lipinski definition) is 4. The van der Waals surface area contributed by atoms with Crippen LogP contribution in [0.2, 0.25) is 0 Å². The van der Waals surface area contributed by atoms with Crippen LogP contribution in [0.25, 0.3) is 0 Å². The molecule has 0 radical (unpaired) electrons. The van der Waals surface area contributed by atoms with Crippen molar-refractivity contribution >= 4 is 6.03 Å². The average Bonchev–Trinajstić information content (AvgIpc) is 2.89. The maximum absolute atomic E-state index is 11.8. The molecular weight excluding hydrogens is 258 g/mol. The molecule has 1 aliphatic carbocycles. The molecule has 112 valence electrons. The first kappa shape index (κ1) is 14.8. The van der Waals surface area contributed by atoms with E-state index < -0.39 is 6.10 Å². The third kappa shape index (κ3) is 3.93. The number of amides is 2. The van der Waals surface area contributed by atoms with E-state index in [1.165, 1.54) is 0 Å². The molecule has 7 heteroatoms. The fourth-order valence-electron chi connectivity index (χ4n) is 2.53. The topological polar surface area (TPSA) is 92.1 Å². The van der Waals surface area contributed by atoms with Crippen molar-refractivity contribution in [2.24, 2.45) is 0 Å². The normalized spacial score (nSPS) is 22.5. The number of aryl methyl sites for hydroxylation is 1. The molecule has 1 saturated carbocycles. The van der Waals surface area contributed by atoms with Crippen molar-refractivity contribution in [1.29, 1.82) is 0 Å². The van der Waals surface area contributed by atoms with Gasteiger partial charge in [0, 0.05) is 19.5 Å². The van der Waals surface area contributed by atoms with Crippen molar-refractivity contribution in [3.05, 3.63) is 12.2 Å². The summed E-state index contributed by atoms with van der Waals surface area (Å²) in [6.45, 7) is 3.18. The first-order valence-electron chi connectivity index (χ1n) is 7.29. The molecule has 0 aliphatic heterocycles. The average molecular weight is 281 g/mol. The van der Waals surface area contributed by atoms with Crippen LogP contribution in [0.15, 0.2) is 6.33 Å². The highest BCUT2D eigenvalue weighted by Crippen LogP contribution is 2.18. The smallest absolute Gasteiger partial charge is 0.315 e. The van der Waals surface area contributed by atoms with Gasteiger partial charge in [-0.3, -0.25) is 0 Å². The Morgan fingerprint density at radius 1 is 1.50 bits per heavy atom. The van der Waals surface area contributed by atoms with Gasteiger partial charge in [0.1, 0.15) is 12.2 Å². The van der Waals surface area contributed by atoms with E-state index in [2.05, 4.69) is 20.8 Å². The quantitative estimate of drug-likeness (QED) is 0.730. The van der Waals surface area contributed by atoms with Gasteiger partial charge in [-0.2, -0.15) is 0 Å². The number of aliphatic hydroxyl groups is 1. The minimum atomic E-state index is -0.418. The summed E-state index contributed by atoms with van der Waals surface area (Å²) in [5.74, 6) is 0.912. The molecule has 1 aliphatic rings. The lowest BCUT2D eigenvalue weighted by atomic mass is 9.93. The molecular formula is C13H23N5O2. The molecule has 2 unspecified atom stereocenters. The number of rotatable bonds is 5. The highest BCUT2D eigenvalue weighted by Gasteiger charge is 2.24. The Balaban J connectivity index is 1.70. The van der Waals surface area contributed by atoms with Gasteiger partial charge in [-0.25, -0.2) is 4.79 Å². The van der Waals surface area contributed by atoms with Gasteiger partial charge >= 0.3 is 6.03 Å². The van der Waals surface area contributed by atoms with Gasteiger partial charge in [0.05, 0.1) is 12.1 Å². The van der Waals surface area contributed by atoms with E-state index in [1.807, 2.05) is 11.5 Å². The zero-order valence-corrected chi connectivity index (χ0v) is 11.9. The molecule has 1 aromatic heterocycles. The van der Waals surface area contributed by atoms with Crippen molar-refractivity contribution in [1.82, 2.24) is 25.4 Å². The Morgan fingerprint density at radius 2 is 2.30 bits per heavy atom. The molecule has 2 atom stereocenters. The summed E-state index contributed by atoms with van der Waals surface area (Å²) in [6.07, 6.45) is 5.78. The van der Waals surface area contributed by atoms with Gasteiger partial charge in [0.15, 0.2) is 0 Å². The number of aliphatic hydroxyl groups excluding tert-OH is 1.